The molecule has 1 spiro atoms. The summed E-state index contributed by atoms with van der Waals surface area (Å²) < 4.78 is 5.44. The van der Waals surface area contributed by atoms with Crippen LogP contribution in [0.25, 0.3) is 0 Å². The SMILES string of the molecule is COc1ccccc1CCC(=O)N(Cc1ccsc1)C1CC12CCNCC2. The largest absolute Gasteiger partial charge is 0.496 e. The number of thiophene rings is 1. The molecule has 0 radical (unpaired) electrons. The van der Waals surface area contributed by atoms with Gasteiger partial charge in [-0.1, -0.05) is 18.2 Å². The number of methoxy groups -OCH3 is 1. The molecule has 1 amide bonds. The number of ether oxygens (including phenoxy) is 1. The summed E-state index contributed by atoms with van der Waals surface area (Å²) in [6.45, 7) is 2.91. The van der Waals surface area contributed by atoms with Gasteiger partial charge in [0.15, 0.2) is 0 Å². The van der Waals surface area contributed by atoms with Crippen molar-refractivity contribution in [2.45, 2.75) is 44.7 Å². The predicted octanol–water partition coefficient (Wildman–Crippen LogP) is 3.86. The number of aryl methyl sites for hydroxylation is 1. The van der Waals surface area contributed by atoms with Gasteiger partial charge in [0.05, 0.1) is 7.11 Å². The molecule has 4 nitrogen and oxygen atoms in total. The molecule has 0 bridgehead atoms. The van der Waals surface area contributed by atoms with Crippen LogP contribution in [0.2, 0.25) is 0 Å². The Morgan fingerprint density at radius 2 is 2.11 bits per heavy atom. The molecule has 1 unspecified atom stereocenters. The summed E-state index contributed by atoms with van der Waals surface area (Å²) in [5.74, 6) is 1.14. The van der Waals surface area contributed by atoms with Crippen molar-refractivity contribution in [1.82, 2.24) is 10.2 Å². The summed E-state index contributed by atoms with van der Waals surface area (Å²) in [5, 5.41) is 7.72. The highest BCUT2D eigenvalue weighted by Gasteiger charge is 2.57. The summed E-state index contributed by atoms with van der Waals surface area (Å²) >= 11 is 1.70. The van der Waals surface area contributed by atoms with Crippen LogP contribution < -0.4 is 10.1 Å². The number of nitrogens with one attached hydrogen (secondary N) is 1. The van der Waals surface area contributed by atoms with E-state index in [9.17, 15) is 4.79 Å². The number of benzene rings is 1. The Kier molecular flexibility index (Phi) is 5.50. The highest BCUT2D eigenvalue weighted by Crippen LogP contribution is 2.56. The summed E-state index contributed by atoms with van der Waals surface area (Å²) in [6.07, 6.45) is 4.81. The highest BCUT2D eigenvalue weighted by atomic mass is 32.1. The number of hydrogen-bond acceptors (Lipinski definition) is 4. The van der Waals surface area contributed by atoms with Crippen LogP contribution in [-0.4, -0.2) is 37.0 Å². The van der Waals surface area contributed by atoms with E-state index >= 15 is 0 Å². The van der Waals surface area contributed by atoms with Crippen LogP contribution in [0.4, 0.5) is 0 Å². The van der Waals surface area contributed by atoms with E-state index in [0.717, 1.165) is 37.4 Å². The third-order valence-electron chi connectivity index (χ3n) is 6.18. The number of carbonyl (C=O) groups is 1. The second-order valence-electron chi connectivity index (χ2n) is 7.80. The number of rotatable bonds is 7. The van der Waals surface area contributed by atoms with E-state index in [0.29, 0.717) is 17.9 Å². The molecule has 2 aromatic rings. The Hall–Kier alpha value is -1.85. The Morgan fingerprint density at radius 3 is 2.85 bits per heavy atom. The first kappa shape index (κ1) is 18.5. The molecular formula is C22H28N2O2S. The van der Waals surface area contributed by atoms with Gasteiger partial charge in [-0.3, -0.25) is 4.79 Å². The van der Waals surface area contributed by atoms with Gasteiger partial charge in [0, 0.05) is 19.0 Å². The third kappa shape index (κ3) is 4.04. The minimum Gasteiger partial charge on any atom is -0.496 e. The van der Waals surface area contributed by atoms with Crippen molar-refractivity contribution in [3.05, 3.63) is 52.2 Å². The Morgan fingerprint density at radius 1 is 1.30 bits per heavy atom. The van der Waals surface area contributed by atoms with Crippen LogP contribution in [0.5, 0.6) is 5.75 Å². The quantitative estimate of drug-likeness (QED) is 0.788. The fourth-order valence-corrected chi connectivity index (χ4v) is 5.13. The fourth-order valence-electron chi connectivity index (χ4n) is 4.48. The van der Waals surface area contributed by atoms with Crippen molar-refractivity contribution in [2.24, 2.45) is 5.41 Å². The summed E-state index contributed by atoms with van der Waals surface area (Å²) in [6, 6.07) is 10.6. The maximum Gasteiger partial charge on any atom is 0.223 e. The van der Waals surface area contributed by atoms with Gasteiger partial charge in [-0.25, -0.2) is 0 Å². The molecule has 5 heteroatoms. The molecule has 1 atom stereocenters. The minimum absolute atomic E-state index is 0.271. The van der Waals surface area contributed by atoms with Crippen molar-refractivity contribution >= 4 is 17.2 Å². The van der Waals surface area contributed by atoms with Crippen molar-refractivity contribution in [3.8, 4) is 5.75 Å². The van der Waals surface area contributed by atoms with Crippen LogP contribution in [0.3, 0.4) is 0 Å². The van der Waals surface area contributed by atoms with Crippen molar-refractivity contribution in [2.75, 3.05) is 20.2 Å². The lowest BCUT2D eigenvalue weighted by Crippen LogP contribution is -2.39. The molecule has 2 aliphatic rings. The van der Waals surface area contributed by atoms with Gasteiger partial charge in [-0.05, 0) is 78.2 Å². The summed E-state index contributed by atoms with van der Waals surface area (Å²) in [4.78, 5) is 15.4. The van der Waals surface area contributed by atoms with E-state index in [1.165, 1.54) is 24.8 Å². The van der Waals surface area contributed by atoms with Crippen LogP contribution in [-0.2, 0) is 17.8 Å². The molecule has 4 rings (SSSR count). The van der Waals surface area contributed by atoms with Crippen LogP contribution in [0.15, 0.2) is 41.1 Å². The van der Waals surface area contributed by atoms with E-state index < -0.39 is 0 Å². The zero-order valence-electron chi connectivity index (χ0n) is 15.9. The van der Waals surface area contributed by atoms with Crippen molar-refractivity contribution < 1.29 is 9.53 Å². The topological polar surface area (TPSA) is 41.6 Å². The molecule has 1 aromatic carbocycles. The van der Waals surface area contributed by atoms with E-state index in [4.69, 9.17) is 4.74 Å². The molecular weight excluding hydrogens is 356 g/mol. The van der Waals surface area contributed by atoms with E-state index in [-0.39, 0.29) is 5.91 Å². The van der Waals surface area contributed by atoms with Gasteiger partial charge in [0.25, 0.3) is 0 Å². The molecule has 1 N–H and O–H groups in total. The number of para-hydroxylation sites is 1. The Balaban J connectivity index is 1.46. The molecule has 1 aromatic heterocycles. The Labute approximate surface area is 165 Å². The molecule has 1 saturated carbocycles. The number of piperidine rings is 1. The maximum atomic E-state index is 13.2. The lowest BCUT2D eigenvalue weighted by Gasteiger charge is -2.29. The Bertz CT molecular complexity index is 768. The molecule has 27 heavy (non-hydrogen) atoms. The second kappa shape index (κ2) is 8.03. The first-order valence-electron chi connectivity index (χ1n) is 9.85. The van der Waals surface area contributed by atoms with Crippen molar-refractivity contribution in [1.29, 1.82) is 0 Å². The number of hydrogen-bond donors (Lipinski definition) is 1. The monoisotopic (exact) mass is 384 g/mol. The van der Waals surface area contributed by atoms with Gasteiger partial charge >= 0.3 is 0 Å². The molecule has 2 fully saturated rings. The molecule has 2 heterocycles. The smallest absolute Gasteiger partial charge is 0.223 e. The molecule has 1 aliphatic carbocycles. The maximum absolute atomic E-state index is 13.2. The zero-order valence-corrected chi connectivity index (χ0v) is 16.8. The second-order valence-corrected chi connectivity index (χ2v) is 8.58. The van der Waals surface area contributed by atoms with Gasteiger partial charge in [0.1, 0.15) is 5.75 Å². The molecule has 144 valence electrons. The van der Waals surface area contributed by atoms with Crippen LogP contribution in [0, 0.1) is 5.41 Å². The van der Waals surface area contributed by atoms with E-state index in [1.807, 2.05) is 18.2 Å². The predicted molar refractivity (Wildman–Crippen MR) is 109 cm³/mol. The minimum atomic E-state index is 0.271. The fraction of sp³-hybridized carbons (Fsp3) is 0.500. The summed E-state index contributed by atoms with van der Waals surface area (Å²) in [5.41, 5.74) is 2.72. The standard InChI is InChI=1S/C22H28N2O2S/c1-26-19-5-3-2-4-18(19)6-7-21(25)24(15-17-8-13-27-16-17)20-14-22(20)9-11-23-12-10-22/h2-5,8,13,16,20,23H,6-7,9-12,14-15H2,1H3. The van der Waals surface area contributed by atoms with Crippen LogP contribution >= 0.6 is 11.3 Å². The van der Waals surface area contributed by atoms with E-state index in [1.54, 1.807) is 18.4 Å². The summed E-state index contributed by atoms with van der Waals surface area (Å²) in [7, 11) is 1.69. The molecule has 1 aliphatic heterocycles. The van der Waals surface area contributed by atoms with Gasteiger partial charge < -0.3 is 15.0 Å². The molecule has 1 saturated heterocycles. The third-order valence-corrected chi connectivity index (χ3v) is 6.91. The van der Waals surface area contributed by atoms with Crippen LogP contribution in [0.1, 0.15) is 36.8 Å². The van der Waals surface area contributed by atoms with Gasteiger partial charge in [0.2, 0.25) is 5.91 Å². The number of nitrogens with zero attached hydrogens (tertiary/aromatic N) is 1. The lowest BCUT2D eigenvalue weighted by molar-refractivity contribution is -0.133. The first-order chi connectivity index (χ1) is 13.2. The lowest BCUT2D eigenvalue weighted by atomic mass is 9.93. The normalized spacial score (nSPS) is 20.4. The first-order valence-corrected chi connectivity index (χ1v) is 10.8. The van der Waals surface area contributed by atoms with E-state index in [2.05, 4.69) is 33.1 Å². The van der Waals surface area contributed by atoms with Gasteiger partial charge in [-0.15, -0.1) is 0 Å². The highest BCUT2D eigenvalue weighted by molar-refractivity contribution is 7.07. The average molecular weight is 385 g/mol. The van der Waals surface area contributed by atoms with Crippen molar-refractivity contribution in [3.63, 3.8) is 0 Å². The number of amides is 1. The zero-order chi connectivity index (χ0) is 18.7. The average Bonchev–Trinajstić information content (AvgIpc) is 3.13. The van der Waals surface area contributed by atoms with Gasteiger partial charge in [-0.2, -0.15) is 11.3 Å². The number of carbonyl (C=O) groups excluding carboxylic acids is 1.